The molecule has 0 spiro atoms. The average Bonchev–Trinajstić information content (AvgIpc) is 3.23. The van der Waals surface area contributed by atoms with Crippen LogP contribution in [-0.4, -0.2) is 42.4 Å². The predicted octanol–water partition coefficient (Wildman–Crippen LogP) is 0.680. The zero-order valence-electron chi connectivity index (χ0n) is 16.5. The van der Waals surface area contributed by atoms with Crippen LogP contribution in [0.3, 0.4) is 0 Å². The zero-order valence-corrected chi connectivity index (χ0v) is 16.5. The summed E-state index contributed by atoms with van der Waals surface area (Å²) in [6.07, 6.45) is 0.651. The first-order valence-electron chi connectivity index (χ1n) is 9.78. The van der Waals surface area contributed by atoms with E-state index in [2.05, 4.69) is 15.0 Å². The maximum absolute atomic E-state index is 12.4. The molecule has 1 aliphatic heterocycles. The number of nitrogens with one attached hydrogen (secondary N) is 1. The molecule has 1 aliphatic rings. The van der Waals surface area contributed by atoms with Crippen LogP contribution in [0.25, 0.3) is 11.2 Å². The molecule has 160 valence electrons. The molecular weight excluding hydrogens is 404 g/mol. The first-order chi connectivity index (χ1) is 14.9. The maximum Gasteiger partial charge on any atom is 0.333 e. The van der Waals surface area contributed by atoms with Gasteiger partial charge >= 0.3 is 11.7 Å². The fourth-order valence-corrected chi connectivity index (χ4v) is 3.32. The molecule has 0 saturated carbocycles. The number of fused-ring (bicyclic) bond motifs is 1. The number of benzene rings is 1. The number of aromatic amines is 1. The van der Waals surface area contributed by atoms with Crippen LogP contribution in [0.4, 0.5) is 5.82 Å². The number of carbonyl (C=O) groups is 3. The number of aromatic nitrogens is 4. The van der Waals surface area contributed by atoms with Gasteiger partial charge in [0, 0.05) is 25.7 Å². The minimum Gasteiger partial charge on any atom is -0.382 e. The fourth-order valence-electron chi connectivity index (χ4n) is 3.32. The van der Waals surface area contributed by atoms with Gasteiger partial charge in [-0.3, -0.25) is 14.2 Å². The topological polar surface area (TPSA) is 153 Å². The smallest absolute Gasteiger partial charge is 0.333 e. The number of H-pyrrole nitrogens is 1. The van der Waals surface area contributed by atoms with Crippen molar-refractivity contribution >= 4 is 34.8 Å². The second-order valence-corrected chi connectivity index (χ2v) is 7.12. The lowest BCUT2D eigenvalue weighted by Crippen LogP contribution is -2.32. The number of anilines is 1. The predicted molar refractivity (Wildman–Crippen MR) is 108 cm³/mol. The lowest BCUT2D eigenvalue weighted by Gasteiger charge is -2.12. The number of nitrogen functional groups attached to an aromatic ring is 1. The van der Waals surface area contributed by atoms with Crippen molar-refractivity contribution in [2.24, 2.45) is 0 Å². The summed E-state index contributed by atoms with van der Waals surface area (Å²) in [4.78, 5) is 63.5. The van der Waals surface area contributed by atoms with Crippen LogP contribution in [0.1, 0.15) is 37.1 Å². The van der Waals surface area contributed by atoms with Crippen LogP contribution >= 0.6 is 0 Å². The highest BCUT2D eigenvalue weighted by Gasteiger charge is 2.32. The Morgan fingerprint density at radius 3 is 2.52 bits per heavy atom. The molecule has 31 heavy (non-hydrogen) atoms. The molecule has 0 bridgehead atoms. The summed E-state index contributed by atoms with van der Waals surface area (Å²) in [6, 6.07) is 9.45. The second kappa shape index (κ2) is 8.38. The first-order valence-corrected chi connectivity index (χ1v) is 9.78. The monoisotopic (exact) mass is 424 g/mol. The Morgan fingerprint density at radius 2 is 1.81 bits per heavy atom. The molecule has 3 heterocycles. The van der Waals surface area contributed by atoms with Crippen molar-refractivity contribution in [2.45, 2.75) is 38.6 Å². The van der Waals surface area contributed by atoms with Crippen LogP contribution < -0.4 is 11.4 Å². The normalized spacial score (nSPS) is 13.9. The highest BCUT2D eigenvalue weighted by atomic mass is 16.7. The van der Waals surface area contributed by atoms with E-state index < -0.39 is 17.8 Å². The van der Waals surface area contributed by atoms with E-state index in [0.717, 1.165) is 5.56 Å². The van der Waals surface area contributed by atoms with Crippen molar-refractivity contribution in [1.82, 2.24) is 24.6 Å². The van der Waals surface area contributed by atoms with Crippen LogP contribution in [0.5, 0.6) is 0 Å². The molecule has 4 rings (SSSR count). The summed E-state index contributed by atoms with van der Waals surface area (Å²) in [5.74, 6) is -1.24. The van der Waals surface area contributed by atoms with E-state index in [9.17, 15) is 19.2 Å². The summed E-state index contributed by atoms with van der Waals surface area (Å²) in [7, 11) is 0. The number of rotatable bonds is 7. The van der Waals surface area contributed by atoms with Gasteiger partial charge in [-0.2, -0.15) is 0 Å². The van der Waals surface area contributed by atoms with Crippen molar-refractivity contribution in [2.75, 3.05) is 5.73 Å². The van der Waals surface area contributed by atoms with Gasteiger partial charge in [0.15, 0.2) is 11.5 Å². The molecule has 3 N–H and O–H groups in total. The van der Waals surface area contributed by atoms with E-state index in [0.29, 0.717) is 41.4 Å². The third-order valence-electron chi connectivity index (χ3n) is 4.86. The van der Waals surface area contributed by atoms with Crippen molar-refractivity contribution in [3.63, 3.8) is 0 Å². The standard InChI is InChI=1S/C20H20N6O5/c21-18-17-19(25(20(30)24-17)11-12-5-2-1-3-6-12)23-13(22-18)7-4-8-16(29)31-26-14(27)9-10-15(26)28/h1-3,5-6H,4,7-11H2,(H,24,30)(H2,21,22,23). The molecule has 0 unspecified atom stereocenters. The number of aryl methyl sites for hydroxylation is 1. The van der Waals surface area contributed by atoms with E-state index in [1.54, 1.807) is 0 Å². The van der Waals surface area contributed by atoms with Gasteiger partial charge in [-0.15, -0.1) is 5.06 Å². The number of imidazole rings is 1. The quantitative estimate of drug-likeness (QED) is 0.525. The minimum atomic E-state index is -0.694. The lowest BCUT2D eigenvalue weighted by atomic mass is 10.2. The Morgan fingerprint density at radius 1 is 1.10 bits per heavy atom. The molecule has 0 atom stereocenters. The number of hydroxylamine groups is 2. The lowest BCUT2D eigenvalue weighted by molar-refractivity contribution is -0.197. The van der Waals surface area contributed by atoms with Gasteiger partial charge in [-0.05, 0) is 12.0 Å². The molecule has 0 radical (unpaired) electrons. The van der Waals surface area contributed by atoms with Crippen molar-refractivity contribution < 1.29 is 19.2 Å². The second-order valence-electron chi connectivity index (χ2n) is 7.12. The number of nitrogens with two attached hydrogens (primary N) is 1. The van der Waals surface area contributed by atoms with Gasteiger partial charge in [-0.1, -0.05) is 30.3 Å². The molecule has 0 aliphatic carbocycles. The zero-order chi connectivity index (χ0) is 22.0. The van der Waals surface area contributed by atoms with Crippen LogP contribution in [0.2, 0.25) is 0 Å². The molecule has 1 aromatic carbocycles. The number of imide groups is 1. The number of hydrogen-bond acceptors (Lipinski definition) is 8. The van der Waals surface area contributed by atoms with E-state index >= 15 is 0 Å². The Bertz CT molecular complexity index is 1200. The third-order valence-corrected chi connectivity index (χ3v) is 4.86. The van der Waals surface area contributed by atoms with E-state index in [1.165, 1.54) is 4.57 Å². The third kappa shape index (κ3) is 4.29. The Labute approximate surface area is 175 Å². The van der Waals surface area contributed by atoms with Gasteiger partial charge in [0.25, 0.3) is 11.8 Å². The van der Waals surface area contributed by atoms with Crippen molar-refractivity contribution in [3.8, 4) is 0 Å². The van der Waals surface area contributed by atoms with E-state index in [4.69, 9.17) is 10.6 Å². The molecule has 2 amide bonds. The van der Waals surface area contributed by atoms with Gasteiger partial charge in [0.1, 0.15) is 11.3 Å². The largest absolute Gasteiger partial charge is 0.382 e. The van der Waals surface area contributed by atoms with Gasteiger partial charge < -0.3 is 15.6 Å². The molecular formula is C20H20N6O5. The molecule has 1 fully saturated rings. The summed E-state index contributed by atoms with van der Waals surface area (Å²) >= 11 is 0. The Balaban J connectivity index is 1.45. The van der Waals surface area contributed by atoms with Gasteiger partial charge in [0.2, 0.25) is 0 Å². The van der Waals surface area contributed by atoms with Crippen LogP contribution in [0.15, 0.2) is 35.1 Å². The van der Waals surface area contributed by atoms with Crippen molar-refractivity contribution in [3.05, 3.63) is 52.2 Å². The molecule has 1 saturated heterocycles. The highest BCUT2D eigenvalue weighted by molar-refractivity contribution is 6.01. The summed E-state index contributed by atoms with van der Waals surface area (Å²) < 4.78 is 1.48. The maximum atomic E-state index is 12.4. The van der Waals surface area contributed by atoms with Crippen LogP contribution in [0, 0.1) is 0 Å². The SMILES string of the molecule is Nc1nc(CCCC(=O)ON2C(=O)CCC2=O)nc2c1[nH]c(=O)n2Cc1ccccc1. The number of carbonyl (C=O) groups excluding carboxylic acids is 3. The fraction of sp³-hybridized carbons (Fsp3) is 0.300. The van der Waals surface area contributed by atoms with Crippen LogP contribution in [-0.2, 0) is 32.2 Å². The molecule has 3 aromatic rings. The Hall–Kier alpha value is -4.02. The molecule has 2 aromatic heterocycles. The molecule has 11 heteroatoms. The van der Waals surface area contributed by atoms with Gasteiger partial charge in [-0.25, -0.2) is 19.6 Å². The minimum absolute atomic E-state index is 0.0394. The van der Waals surface area contributed by atoms with E-state index in [1.807, 2.05) is 30.3 Å². The number of amides is 2. The highest BCUT2D eigenvalue weighted by Crippen LogP contribution is 2.17. The first kappa shape index (κ1) is 20.3. The average molecular weight is 424 g/mol. The summed E-state index contributed by atoms with van der Waals surface area (Å²) in [6.45, 7) is 0.319. The molecule has 11 nitrogen and oxygen atoms in total. The number of nitrogens with zero attached hydrogens (tertiary/aromatic N) is 4. The Kier molecular flexibility index (Phi) is 5.48. The van der Waals surface area contributed by atoms with E-state index in [-0.39, 0.29) is 30.8 Å². The summed E-state index contributed by atoms with van der Waals surface area (Å²) in [5.41, 5.74) is 7.32. The van der Waals surface area contributed by atoms with Gasteiger partial charge in [0.05, 0.1) is 6.54 Å². The summed E-state index contributed by atoms with van der Waals surface area (Å²) in [5, 5.41) is 0.519. The van der Waals surface area contributed by atoms with Crippen molar-refractivity contribution in [1.29, 1.82) is 0 Å². The number of hydrogen-bond donors (Lipinski definition) is 2.